The zero-order valence-electron chi connectivity index (χ0n) is 7.59. The molecule has 0 aromatic carbocycles. The van der Waals surface area contributed by atoms with Crippen molar-refractivity contribution < 1.29 is 0 Å². The summed E-state index contributed by atoms with van der Waals surface area (Å²) in [7, 11) is 5.61. The van der Waals surface area contributed by atoms with Crippen LogP contribution in [0.3, 0.4) is 0 Å². The fourth-order valence-electron chi connectivity index (χ4n) is 0.858. The van der Waals surface area contributed by atoms with Crippen molar-refractivity contribution in [2.75, 3.05) is 6.54 Å². The molecule has 0 aliphatic rings. The van der Waals surface area contributed by atoms with Crippen molar-refractivity contribution in [3.8, 4) is 0 Å². The third-order valence-corrected chi connectivity index (χ3v) is 2.07. The van der Waals surface area contributed by atoms with Crippen LogP contribution in [0.2, 0.25) is 5.82 Å². The lowest BCUT2D eigenvalue weighted by molar-refractivity contribution is 0.469. The summed E-state index contributed by atoms with van der Waals surface area (Å²) >= 11 is 0. The Hall–Kier alpha value is -0.0151. The lowest BCUT2D eigenvalue weighted by Crippen LogP contribution is -2.26. The first kappa shape index (κ1) is 11.0. The van der Waals surface area contributed by atoms with Gasteiger partial charge >= 0.3 is 0 Å². The van der Waals surface area contributed by atoms with Crippen LogP contribution in [0.1, 0.15) is 26.7 Å². The van der Waals surface area contributed by atoms with Crippen LogP contribution in [-0.4, -0.2) is 20.4 Å². The number of rotatable bonds is 5. The van der Waals surface area contributed by atoms with Gasteiger partial charge in [0.2, 0.25) is 0 Å². The van der Waals surface area contributed by atoms with E-state index in [1.807, 2.05) is 6.92 Å². The fourth-order valence-corrected chi connectivity index (χ4v) is 0.858. The van der Waals surface area contributed by atoms with E-state index in [1.165, 1.54) is 0 Å². The molecule has 0 spiro atoms. The van der Waals surface area contributed by atoms with Gasteiger partial charge in [0.15, 0.2) is 0 Å². The molecule has 3 atom stereocenters. The molecule has 3 unspecified atom stereocenters. The average molecular weight is 154 g/mol. The third kappa shape index (κ3) is 5.28. The standard InChI is InChI=1S/C8H19BN2/c1-6(5-10)3-4-8(11)7(2)9/h6-8H,3-5,10-11H2,1-2H3. The molecule has 0 heterocycles. The van der Waals surface area contributed by atoms with Gasteiger partial charge in [-0.15, -0.1) is 0 Å². The van der Waals surface area contributed by atoms with Crippen LogP contribution < -0.4 is 11.5 Å². The Morgan fingerprint density at radius 2 is 1.82 bits per heavy atom. The second kappa shape index (κ2) is 5.61. The Morgan fingerprint density at radius 1 is 1.27 bits per heavy atom. The van der Waals surface area contributed by atoms with Crippen LogP contribution in [0.25, 0.3) is 0 Å². The van der Waals surface area contributed by atoms with E-state index < -0.39 is 0 Å². The molecule has 0 aromatic heterocycles. The smallest absolute Gasteiger partial charge is 0.0716 e. The highest BCUT2D eigenvalue weighted by atomic mass is 14.6. The van der Waals surface area contributed by atoms with Crippen molar-refractivity contribution in [3.05, 3.63) is 0 Å². The van der Waals surface area contributed by atoms with Crippen molar-refractivity contribution in [3.63, 3.8) is 0 Å². The topological polar surface area (TPSA) is 52.0 Å². The van der Waals surface area contributed by atoms with Gasteiger partial charge in [-0.05, 0) is 31.3 Å². The normalized spacial score (nSPS) is 19.3. The molecule has 0 aromatic rings. The first-order valence-electron chi connectivity index (χ1n) is 4.29. The van der Waals surface area contributed by atoms with Gasteiger partial charge in [0.25, 0.3) is 0 Å². The summed E-state index contributed by atoms with van der Waals surface area (Å²) in [5.41, 5.74) is 11.2. The summed E-state index contributed by atoms with van der Waals surface area (Å²) in [5, 5.41) is 0. The molecule has 2 nitrogen and oxygen atoms in total. The predicted molar refractivity (Wildman–Crippen MR) is 50.6 cm³/mol. The molecule has 3 heteroatoms. The molecule has 0 saturated heterocycles. The third-order valence-electron chi connectivity index (χ3n) is 2.07. The van der Waals surface area contributed by atoms with Crippen molar-refractivity contribution >= 4 is 7.85 Å². The van der Waals surface area contributed by atoms with Crippen molar-refractivity contribution in [2.24, 2.45) is 17.4 Å². The number of nitrogens with two attached hydrogens (primary N) is 2. The second-order valence-corrected chi connectivity index (χ2v) is 3.44. The van der Waals surface area contributed by atoms with E-state index in [4.69, 9.17) is 19.3 Å². The molecule has 0 aliphatic heterocycles. The minimum atomic E-state index is 0.0972. The summed E-state index contributed by atoms with van der Waals surface area (Å²) in [6.45, 7) is 4.82. The maximum atomic E-state index is 5.75. The Balaban J connectivity index is 3.37. The average Bonchev–Trinajstić information content (AvgIpc) is 1.99. The first-order valence-corrected chi connectivity index (χ1v) is 4.29. The highest BCUT2D eigenvalue weighted by molar-refractivity contribution is 6.11. The maximum absolute atomic E-state index is 5.75. The molecule has 0 rings (SSSR count). The minimum absolute atomic E-state index is 0.0972. The summed E-state index contributed by atoms with van der Waals surface area (Å²) < 4.78 is 0. The van der Waals surface area contributed by atoms with E-state index >= 15 is 0 Å². The van der Waals surface area contributed by atoms with E-state index in [2.05, 4.69) is 6.92 Å². The zero-order chi connectivity index (χ0) is 8.85. The highest BCUT2D eigenvalue weighted by Gasteiger charge is 2.08. The van der Waals surface area contributed by atoms with Crippen LogP contribution in [0.4, 0.5) is 0 Å². The molecular formula is C8H19BN2. The Kier molecular flexibility index (Phi) is 5.60. The van der Waals surface area contributed by atoms with Crippen molar-refractivity contribution in [2.45, 2.75) is 38.5 Å². The largest absolute Gasteiger partial charge is 0.330 e. The molecule has 2 radical (unpaired) electrons. The van der Waals surface area contributed by atoms with Crippen LogP contribution in [0, 0.1) is 5.92 Å². The van der Waals surface area contributed by atoms with Crippen LogP contribution in [-0.2, 0) is 0 Å². The quantitative estimate of drug-likeness (QED) is 0.571. The number of hydrogen-bond acceptors (Lipinski definition) is 2. The van der Waals surface area contributed by atoms with Gasteiger partial charge in [0.05, 0.1) is 7.85 Å². The predicted octanol–water partition coefficient (Wildman–Crippen LogP) is 0.666. The van der Waals surface area contributed by atoms with Crippen LogP contribution >= 0.6 is 0 Å². The van der Waals surface area contributed by atoms with Gasteiger partial charge in [-0.2, -0.15) is 0 Å². The van der Waals surface area contributed by atoms with Gasteiger partial charge in [-0.3, -0.25) is 0 Å². The summed E-state index contributed by atoms with van der Waals surface area (Å²) in [4.78, 5) is 0. The van der Waals surface area contributed by atoms with Gasteiger partial charge in [0, 0.05) is 0 Å². The number of hydrogen-bond donors (Lipinski definition) is 2. The van der Waals surface area contributed by atoms with Crippen molar-refractivity contribution in [1.82, 2.24) is 0 Å². The van der Waals surface area contributed by atoms with E-state index in [0.29, 0.717) is 5.92 Å². The molecule has 0 aliphatic carbocycles. The van der Waals surface area contributed by atoms with Gasteiger partial charge in [0.1, 0.15) is 0 Å². The molecule has 0 bridgehead atoms. The molecular weight excluding hydrogens is 135 g/mol. The van der Waals surface area contributed by atoms with Crippen LogP contribution in [0.5, 0.6) is 0 Å². The maximum Gasteiger partial charge on any atom is 0.0716 e. The van der Waals surface area contributed by atoms with E-state index in [-0.39, 0.29) is 11.9 Å². The minimum Gasteiger partial charge on any atom is -0.330 e. The summed E-state index contributed by atoms with van der Waals surface area (Å²) in [5.74, 6) is 0.666. The highest BCUT2D eigenvalue weighted by Crippen LogP contribution is 2.12. The van der Waals surface area contributed by atoms with Crippen molar-refractivity contribution in [1.29, 1.82) is 0 Å². The SMILES string of the molecule is [B]C(C)C(N)CCC(C)CN. The second-order valence-electron chi connectivity index (χ2n) is 3.44. The molecule has 64 valence electrons. The summed E-state index contributed by atoms with van der Waals surface area (Å²) in [6.07, 6.45) is 2.06. The Labute approximate surface area is 71.1 Å². The van der Waals surface area contributed by atoms with E-state index in [1.54, 1.807) is 0 Å². The molecule has 0 amide bonds. The van der Waals surface area contributed by atoms with Gasteiger partial charge in [-0.1, -0.05) is 19.7 Å². The monoisotopic (exact) mass is 154 g/mol. The Bertz CT molecular complexity index is 96.1. The Morgan fingerprint density at radius 3 is 2.18 bits per heavy atom. The summed E-state index contributed by atoms with van der Waals surface area (Å²) in [6, 6.07) is 0.129. The lowest BCUT2D eigenvalue weighted by atomic mass is 9.80. The van der Waals surface area contributed by atoms with E-state index in [9.17, 15) is 0 Å². The lowest BCUT2D eigenvalue weighted by Gasteiger charge is -2.17. The van der Waals surface area contributed by atoms with Crippen LogP contribution in [0.15, 0.2) is 0 Å². The van der Waals surface area contributed by atoms with Gasteiger partial charge < -0.3 is 11.5 Å². The van der Waals surface area contributed by atoms with Gasteiger partial charge in [-0.25, -0.2) is 0 Å². The fraction of sp³-hybridized carbons (Fsp3) is 1.00. The molecule has 0 saturated carbocycles. The zero-order valence-corrected chi connectivity index (χ0v) is 7.59. The molecule has 11 heavy (non-hydrogen) atoms. The molecule has 0 fully saturated rings. The van der Waals surface area contributed by atoms with E-state index in [0.717, 1.165) is 19.4 Å². The first-order chi connectivity index (χ1) is 5.07. The molecule has 4 N–H and O–H groups in total.